The SMILES string of the molecule is O=C1CCC(CC=C2SCCCS2)C1. The summed E-state index contributed by atoms with van der Waals surface area (Å²) < 4.78 is 1.50. The van der Waals surface area contributed by atoms with Gasteiger partial charge in [-0.2, -0.15) is 0 Å². The highest BCUT2D eigenvalue weighted by molar-refractivity contribution is 8.22. The number of Topliss-reactive ketones (excluding diaryl/α,β-unsaturated/α-hetero) is 1. The highest BCUT2D eigenvalue weighted by atomic mass is 32.2. The number of carbonyl (C=O) groups is 1. The Kier molecular flexibility index (Phi) is 3.99. The maximum Gasteiger partial charge on any atom is 0.133 e. The smallest absolute Gasteiger partial charge is 0.133 e. The molecule has 3 heteroatoms. The van der Waals surface area contributed by atoms with E-state index in [0.29, 0.717) is 11.7 Å². The number of rotatable bonds is 2. The van der Waals surface area contributed by atoms with Gasteiger partial charge in [-0.3, -0.25) is 4.79 Å². The van der Waals surface area contributed by atoms with Gasteiger partial charge < -0.3 is 0 Å². The van der Waals surface area contributed by atoms with Crippen LogP contribution in [-0.4, -0.2) is 17.3 Å². The molecule has 1 saturated carbocycles. The van der Waals surface area contributed by atoms with Gasteiger partial charge in [0, 0.05) is 17.1 Å². The number of hydrogen-bond acceptors (Lipinski definition) is 3. The van der Waals surface area contributed by atoms with Crippen LogP contribution < -0.4 is 0 Å². The van der Waals surface area contributed by atoms with Gasteiger partial charge in [-0.25, -0.2) is 0 Å². The maximum absolute atomic E-state index is 11.1. The van der Waals surface area contributed by atoms with Crippen molar-refractivity contribution >= 4 is 29.3 Å². The van der Waals surface area contributed by atoms with Crippen LogP contribution in [0.5, 0.6) is 0 Å². The summed E-state index contributed by atoms with van der Waals surface area (Å²) in [5.74, 6) is 3.68. The normalized spacial score (nSPS) is 28.1. The number of hydrogen-bond donors (Lipinski definition) is 0. The molecule has 1 saturated heterocycles. The first-order valence-corrected chi connectivity index (χ1v) is 7.29. The first-order chi connectivity index (χ1) is 6.84. The average Bonchev–Trinajstić information content (AvgIpc) is 2.63. The number of allylic oxidation sites excluding steroid dienone is 1. The van der Waals surface area contributed by atoms with E-state index in [4.69, 9.17) is 0 Å². The summed E-state index contributed by atoms with van der Waals surface area (Å²) in [6.45, 7) is 0. The first kappa shape index (κ1) is 10.6. The van der Waals surface area contributed by atoms with Crippen molar-refractivity contribution in [2.75, 3.05) is 11.5 Å². The van der Waals surface area contributed by atoms with E-state index in [1.165, 1.54) is 22.2 Å². The fourth-order valence-electron chi connectivity index (χ4n) is 1.92. The molecular weight excluding hydrogens is 212 g/mol. The van der Waals surface area contributed by atoms with E-state index >= 15 is 0 Å². The topological polar surface area (TPSA) is 17.1 Å². The van der Waals surface area contributed by atoms with Crippen molar-refractivity contribution in [3.05, 3.63) is 10.3 Å². The minimum absolute atomic E-state index is 0.470. The number of thioether (sulfide) groups is 2. The molecule has 2 aliphatic rings. The Labute approximate surface area is 94.1 Å². The second kappa shape index (κ2) is 5.26. The minimum atomic E-state index is 0.470. The van der Waals surface area contributed by atoms with Gasteiger partial charge in [-0.15, -0.1) is 23.5 Å². The van der Waals surface area contributed by atoms with Crippen LogP contribution in [0.15, 0.2) is 10.3 Å². The molecule has 0 spiro atoms. The van der Waals surface area contributed by atoms with Gasteiger partial charge in [0.1, 0.15) is 5.78 Å². The summed E-state index contributed by atoms with van der Waals surface area (Å²) in [5, 5.41) is 0. The van der Waals surface area contributed by atoms with Crippen LogP contribution in [0.2, 0.25) is 0 Å². The highest BCUT2D eigenvalue weighted by Gasteiger charge is 2.21. The second-order valence-corrected chi connectivity index (χ2v) is 6.49. The van der Waals surface area contributed by atoms with Crippen molar-refractivity contribution in [3.8, 4) is 0 Å². The summed E-state index contributed by atoms with van der Waals surface area (Å²) in [7, 11) is 0. The standard InChI is InChI=1S/C11H16OS2/c12-10-4-2-9(8-10)3-5-11-13-6-1-7-14-11/h5,9H,1-4,6-8H2. The van der Waals surface area contributed by atoms with Crippen molar-refractivity contribution in [1.82, 2.24) is 0 Å². The molecule has 0 aromatic carbocycles. The lowest BCUT2D eigenvalue weighted by molar-refractivity contribution is -0.117. The van der Waals surface area contributed by atoms with Crippen molar-refractivity contribution in [2.45, 2.75) is 32.1 Å². The van der Waals surface area contributed by atoms with Crippen LogP contribution in [0.1, 0.15) is 32.1 Å². The summed E-state index contributed by atoms with van der Waals surface area (Å²) in [4.78, 5) is 11.1. The van der Waals surface area contributed by atoms with E-state index in [-0.39, 0.29) is 0 Å². The number of ketones is 1. The zero-order chi connectivity index (χ0) is 9.80. The Hall–Kier alpha value is 0.110. The largest absolute Gasteiger partial charge is 0.300 e. The molecule has 1 unspecified atom stereocenters. The van der Waals surface area contributed by atoms with E-state index in [1.807, 2.05) is 23.5 Å². The third-order valence-electron chi connectivity index (χ3n) is 2.74. The summed E-state index contributed by atoms with van der Waals surface area (Å²) in [6.07, 6.45) is 7.61. The molecule has 0 N–H and O–H groups in total. The molecule has 1 heterocycles. The van der Waals surface area contributed by atoms with Gasteiger partial charge >= 0.3 is 0 Å². The van der Waals surface area contributed by atoms with Gasteiger partial charge in [0.25, 0.3) is 0 Å². The lowest BCUT2D eigenvalue weighted by atomic mass is 10.0. The van der Waals surface area contributed by atoms with Gasteiger partial charge in [0.05, 0.1) is 0 Å². The van der Waals surface area contributed by atoms with Gasteiger partial charge in [0.2, 0.25) is 0 Å². The van der Waals surface area contributed by atoms with Gasteiger partial charge in [-0.1, -0.05) is 6.08 Å². The fourth-order valence-corrected chi connectivity index (χ4v) is 4.34. The van der Waals surface area contributed by atoms with Crippen LogP contribution in [0.3, 0.4) is 0 Å². The third-order valence-corrected chi connectivity index (χ3v) is 5.34. The molecule has 1 nitrogen and oxygen atoms in total. The Morgan fingerprint density at radius 1 is 1.36 bits per heavy atom. The molecule has 1 atom stereocenters. The molecular formula is C11H16OS2. The Morgan fingerprint density at radius 3 is 2.79 bits per heavy atom. The van der Waals surface area contributed by atoms with Crippen LogP contribution >= 0.6 is 23.5 Å². The monoisotopic (exact) mass is 228 g/mol. The predicted octanol–water partition coefficient (Wildman–Crippen LogP) is 3.46. The predicted molar refractivity (Wildman–Crippen MR) is 64.6 cm³/mol. The Balaban J connectivity index is 1.77. The molecule has 0 radical (unpaired) electrons. The zero-order valence-electron chi connectivity index (χ0n) is 8.33. The molecule has 1 aliphatic heterocycles. The Bertz CT molecular complexity index is 240. The fraction of sp³-hybridized carbons (Fsp3) is 0.727. The highest BCUT2D eigenvalue weighted by Crippen LogP contribution is 2.36. The van der Waals surface area contributed by atoms with E-state index < -0.39 is 0 Å². The van der Waals surface area contributed by atoms with Crippen molar-refractivity contribution in [2.24, 2.45) is 5.92 Å². The minimum Gasteiger partial charge on any atom is -0.300 e. The summed E-state index contributed by atoms with van der Waals surface area (Å²) in [5.41, 5.74) is 0. The van der Waals surface area contributed by atoms with E-state index in [0.717, 1.165) is 25.7 Å². The van der Waals surface area contributed by atoms with Gasteiger partial charge in [-0.05, 0) is 36.7 Å². The van der Waals surface area contributed by atoms with Crippen LogP contribution in [-0.2, 0) is 4.79 Å². The van der Waals surface area contributed by atoms with Gasteiger partial charge in [0.15, 0.2) is 0 Å². The molecule has 0 bridgehead atoms. The van der Waals surface area contributed by atoms with Crippen molar-refractivity contribution in [1.29, 1.82) is 0 Å². The third kappa shape index (κ3) is 3.06. The average molecular weight is 228 g/mol. The molecule has 78 valence electrons. The molecule has 1 aliphatic carbocycles. The lowest BCUT2D eigenvalue weighted by Crippen LogP contribution is -1.95. The molecule has 14 heavy (non-hydrogen) atoms. The Morgan fingerprint density at radius 2 is 2.14 bits per heavy atom. The molecule has 0 aromatic heterocycles. The van der Waals surface area contributed by atoms with E-state index in [2.05, 4.69) is 6.08 Å². The molecule has 2 fully saturated rings. The van der Waals surface area contributed by atoms with E-state index in [9.17, 15) is 4.79 Å². The van der Waals surface area contributed by atoms with Crippen LogP contribution in [0.25, 0.3) is 0 Å². The summed E-state index contributed by atoms with van der Waals surface area (Å²) in [6, 6.07) is 0. The van der Waals surface area contributed by atoms with Crippen molar-refractivity contribution < 1.29 is 4.79 Å². The summed E-state index contributed by atoms with van der Waals surface area (Å²) >= 11 is 3.97. The molecule has 0 aromatic rings. The molecule has 2 rings (SSSR count). The second-order valence-electron chi connectivity index (χ2n) is 3.96. The first-order valence-electron chi connectivity index (χ1n) is 5.32. The van der Waals surface area contributed by atoms with Crippen molar-refractivity contribution in [3.63, 3.8) is 0 Å². The maximum atomic E-state index is 11.1. The zero-order valence-corrected chi connectivity index (χ0v) is 9.96. The van der Waals surface area contributed by atoms with Crippen LogP contribution in [0, 0.1) is 5.92 Å². The van der Waals surface area contributed by atoms with Crippen LogP contribution in [0.4, 0.5) is 0 Å². The van der Waals surface area contributed by atoms with E-state index in [1.54, 1.807) is 0 Å². The number of carbonyl (C=O) groups excluding carboxylic acids is 1. The quantitative estimate of drug-likeness (QED) is 0.720. The lowest BCUT2D eigenvalue weighted by Gasteiger charge is -2.13. The molecule has 0 amide bonds.